The highest BCUT2D eigenvalue weighted by Crippen LogP contribution is 2.24. The first-order valence-corrected chi connectivity index (χ1v) is 7.90. The first-order chi connectivity index (χ1) is 12.6. The number of nitrogens with one attached hydrogen (secondary N) is 2. The first kappa shape index (κ1) is 16.1. The van der Waals surface area contributed by atoms with Gasteiger partial charge in [-0.3, -0.25) is 4.79 Å². The normalized spacial score (nSPS) is 16.7. The molecule has 134 valence electrons. The number of rotatable bonds is 4. The standard InChI is InChI=1S/C15H15FN8O2/c16-8-3-20-13-11(12(17)23-24(13)6-8)14(25)22-10-5-19-7-21-15(10)26-9-1-2-18-4-9/h3,5-7,9,18H,1-2,4H2,(H2,17,23)(H,22,25)/t9-/m0/s1. The SMILES string of the molecule is Nc1nn2cc(F)cnc2c1C(=O)Nc1cncnc1O[C@H]1CCNC1. The zero-order valence-electron chi connectivity index (χ0n) is 13.5. The fraction of sp³-hybridized carbons (Fsp3) is 0.267. The van der Waals surface area contributed by atoms with Crippen molar-refractivity contribution in [2.75, 3.05) is 24.1 Å². The molecule has 3 aromatic rings. The Morgan fingerprint density at radius 3 is 3.12 bits per heavy atom. The number of fused-ring (bicyclic) bond motifs is 1. The summed E-state index contributed by atoms with van der Waals surface area (Å²) in [4.78, 5) is 24.6. The van der Waals surface area contributed by atoms with Crippen LogP contribution in [0.5, 0.6) is 5.88 Å². The summed E-state index contributed by atoms with van der Waals surface area (Å²) in [6, 6.07) is 0. The highest BCUT2D eigenvalue weighted by molar-refractivity contribution is 6.11. The average Bonchev–Trinajstić information content (AvgIpc) is 3.23. The van der Waals surface area contributed by atoms with Crippen molar-refractivity contribution < 1.29 is 13.9 Å². The molecule has 4 heterocycles. The Morgan fingerprint density at radius 1 is 1.42 bits per heavy atom. The van der Waals surface area contributed by atoms with E-state index in [4.69, 9.17) is 10.5 Å². The zero-order valence-corrected chi connectivity index (χ0v) is 13.5. The molecule has 3 aromatic heterocycles. The monoisotopic (exact) mass is 358 g/mol. The van der Waals surface area contributed by atoms with Gasteiger partial charge < -0.3 is 21.1 Å². The van der Waals surface area contributed by atoms with Crippen LogP contribution in [0.3, 0.4) is 0 Å². The van der Waals surface area contributed by atoms with Crippen molar-refractivity contribution in [3.05, 3.63) is 36.3 Å². The summed E-state index contributed by atoms with van der Waals surface area (Å²) in [6.45, 7) is 1.56. The number of hydrogen-bond donors (Lipinski definition) is 3. The molecular formula is C15H15FN8O2. The minimum atomic E-state index is -0.593. The number of anilines is 2. The molecule has 0 aromatic carbocycles. The van der Waals surface area contributed by atoms with E-state index in [0.29, 0.717) is 12.2 Å². The van der Waals surface area contributed by atoms with E-state index in [2.05, 4.69) is 30.7 Å². The molecule has 1 amide bonds. The van der Waals surface area contributed by atoms with Crippen molar-refractivity contribution in [2.24, 2.45) is 0 Å². The van der Waals surface area contributed by atoms with Crippen molar-refractivity contribution >= 4 is 23.1 Å². The van der Waals surface area contributed by atoms with Crippen LogP contribution in [0.1, 0.15) is 16.8 Å². The van der Waals surface area contributed by atoms with Gasteiger partial charge >= 0.3 is 0 Å². The summed E-state index contributed by atoms with van der Waals surface area (Å²) >= 11 is 0. The van der Waals surface area contributed by atoms with Gasteiger partial charge in [-0.2, -0.15) is 4.98 Å². The van der Waals surface area contributed by atoms with E-state index in [0.717, 1.165) is 29.9 Å². The number of amides is 1. The van der Waals surface area contributed by atoms with Crippen LogP contribution in [-0.2, 0) is 0 Å². The summed E-state index contributed by atoms with van der Waals surface area (Å²) in [5, 5.41) is 9.75. The highest BCUT2D eigenvalue weighted by atomic mass is 19.1. The van der Waals surface area contributed by atoms with Gasteiger partial charge in [0.25, 0.3) is 5.91 Å². The van der Waals surface area contributed by atoms with Crippen molar-refractivity contribution in [1.82, 2.24) is 29.9 Å². The third-order valence-electron chi connectivity index (χ3n) is 3.91. The molecular weight excluding hydrogens is 343 g/mol. The third kappa shape index (κ3) is 2.99. The number of halogens is 1. The summed E-state index contributed by atoms with van der Waals surface area (Å²) in [5.74, 6) is -0.971. The van der Waals surface area contributed by atoms with Crippen LogP contribution < -0.4 is 21.1 Å². The molecule has 4 rings (SSSR count). The second-order valence-corrected chi connectivity index (χ2v) is 5.73. The maximum Gasteiger partial charge on any atom is 0.263 e. The number of nitrogens with two attached hydrogens (primary N) is 1. The quantitative estimate of drug-likeness (QED) is 0.604. The Morgan fingerprint density at radius 2 is 2.31 bits per heavy atom. The molecule has 1 saturated heterocycles. The maximum atomic E-state index is 13.3. The molecule has 0 radical (unpaired) electrons. The van der Waals surface area contributed by atoms with E-state index in [1.54, 1.807) is 0 Å². The Bertz CT molecular complexity index is 969. The molecule has 26 heavy (non-hydrogen) atoms. The largest absolute Gasteiger partial charge is 0.471 e. The van der Waals surface area contributed by atoms with Crippen LogP contribution in [0.4, 0.5) is 15.9 Å². The van der Waals surface area contributed by atoms with Crippen LogP contribution in [0, 0.1) is 5.82 Å². The number of carbonyl (C=O) groups excluding carboxylic acids is 1. The van der Waals surface area contributed by atoms with E-state index in [1.807, 2.05) is 0 Å². The minimum Gasteiger partial charge on any atom is -0.471 e. The molecule has 4 N–H and O–H groups in total. The number of carbonyl (C=O) groups is 1. The van der Waals surface area contributed by atoms with E-state index in [1.165, 1.54) is 12.5 Å². The van der Waals surface area contributed by atoms with Gasteiger partial charge in [0.1, 0.15) is 23.7 Å². The molecule has 0 aliphatic carbocycles. The number of hydrogen-bond acceptors (Lipinski definition) is 8. The lowest BCUT2D eigenvalue weighted by Gasteiger charge is -2.14. The topological polar surface area (TPSA) is 132 Å². The lowest BCUT2D eigenvalue weighted by atomic mass is 10.2. The molecule has 1 fully saturated rings. The second kappa shape index (κ2) is 6.52. The van der Waals surface area contributed by atoms with Gasteiger partial charge in [-0.1, -0.05) is 0 Å². The summed E-state index contributed by atoms with van der Waals surface area (Å²) in [5.41, 5.74) is 6.27. The van der Waals surface area contributed by atoms with Crippen molar-refractivity contribution in [2.45, 2.75) is 12.5 Å². The number of nitrogen functional groups attached to an aromatic ring is 1. The summed E-state index contributed by atoms with van der Waals surface area (Å²) in [6.07, 6.45) is 5.64. The minimum absolute atomic E-state index is 0.0299. The van der Waals surface area contributed by atoms with Crippen LogP contribution in [0.2, 0.25) is 0 Å². The molecule has 0 spiro atoms. The van der Waals surface area contributed by atoms with E-state index >= 15 is 0 Å². The Labute approximate surface area is 146 Å². The fourth-order valence-electron chi connectivity index (χ4n) is 2.72. The van der Waals surface area contributed by atoms with Gasteiger partial charge in [-0.15, -0.1) is 5.10 Å². The highest BCUT2D eigenvalue weighted by Gasteiger charge is 2.23. The van der Waals surface area contributed by atoms with Crippen molar-refractivity contribution in [3.63, 3.8) is 0 Å². The molecule has 1 atom stereocenters. The van der Waals surface area contributed by atoms with Gasteiger partial charge in [0.15, 0.2) is 17.3 Å². The van der Waals surface area contributed by atoms with Gasteiger partial charge in [0.05, 0.1) is 18.6 Å². The van der Waals surface area contributed by atoms with E-state index in [-0.39, 0.29) is 29.0 Å². The second-order valence-electron chi connectivity index (χ2n) is 5.73. The van der Waals surface area contributed by atoms with E-state index in [9.17, 15) is 9.18 Å². The summed E-state index contributed by atoms with van der Waals surface area (Å²) in [7, 11) is 0. The first-order valence-electron chi connectivity index (χ1n) is 7.90. The third-order valence-corrected chi connectivity index (χ3v) is 3.91. The smallest absolute Gasteiger partial charge is 0.263 e. The number of aromatic nitrogens is 5. The van der Waals surface area contributed by atoms with Crippen molar-refractivity contribution in [1.29, 1.82) is 0 Å². The number of ether oxygens (including phenoxy) is 1. The van der Waals surface area contributed by atoms with Gasteiger partial charge in [0.2, 0.25) is 5.88 Å². The predicted molar refractivity (Wildman–Crippen MR) is 89.2 cm³/mol. The van der Waals surface area contributed by atoms with Gasteiger partial charge in [-0.05, 0) is 13.0 Å². The molecule has 1 aliphatic rings. The molecule has 11 heteroatoms. The Hall–Kier alpha value is -3.34. The molecule has 0 saturated carbocycles. The molecule has 1 aliphatic heterocycles. The predicted octanol–water partition coefficient (Wildman–Crippen LogP) is 0.234. The molecule has 10 nitrogen and oxygen atoms in total. The van der Waals surface area contributed by atoms with Crippen LogP contribution >= 0.6 is 0 Å². The Kier molecular flexibility index (Phi) is 4.05. The maximum absolute atomic E-state index is 13.3. The van der Waals surface area contributed by atoms with Crippen LogP contribution in [0.15, 0.2) is 24.9 Å². The fourth-order valence-corrected chi connectivity index (χ4v) is 2.72. The lowest BCUT2D eigenvalue weighted by molar-refractivity contribution is 0.102. The van der Waals surface area contributed by atoms with Gasteiger partial charge in [0, 0.05) is 6.54 Å². The van der Waals surface area contributed by atoms with Gasteiger partial charge in [-0.25, -0.2) is 18.9 Å². The van der Waals surface area contributed by atoms with Crippen molar-refractivity contribution in [3.8, 4) is 5.88 Å². The zero-order chi connectivity index (χ0) is 18.1. The lowest BCUT2D eigenvalue weighted by Crippen LogP contribution is -2.22. The Balaban J connectivity index is 1.62. The van der Waals surface area contributed by atoms with E-state index < -0.39 is 11.7 Å². The number of nitrogens with zero attached hydrogens (tertiary/aromatic N) is 5. The van der Waals surface area contributed by atoms with Crippen LogP contribution in [-0.4, -0.2) is 49.7 Å². The molecule has 0 unspecified atom stereocenters. The molecule has 0 bridgehead atoms. The average molecular weight is 358 g/mol. The summed E-state index contributed by atoms with van der Waals surface area (Å²) < 4.78 is 20.2. The van der Waals surface area contributed by atoms with Crippen LogP contribution in [0.25, 0.3) is 5.65 Å².